The summed E-state index contributed by atoms with van der Waals surface area (Å²) in [5.74, 6) is -0.233. The van der Waals surface area contributed by atoms with Crippen LogP contribution in [0.4, 0.5) is 0 Å². The van der Waals surface area contributed by atoms with E-state index in [0.717, 1.165) is 25.9 Å². The molecular formula is C13H18N2O3. The van der Waals surface area contributed by atoms with Gasteiger partial charge in [-0.05, 0) is 12.1 Å². The lowest BCUT2D eigenvalue weighted by Crippen LogP contribution is -2.48. The predicted molar refractivity (Wildman–Crippen MR) is 64.9 cm³/mol. The third-order valence-electron chi connectivity index (χ3n) is 3.68. The van der Waals surface area contributed by atoms with Gasteiger partial charge in [-0.25, -0.2) is 0 Å². The van der Waals surface area contributed by atoms with Crippen LogP contribution in [0, 0.1) is 0 Å². The molecular weight excluding hydrogens is 232 g/mol. The highest BCUT2D eigenvalue weighted by Gasteiger charge is 2.40. The van der Waals surface area contributed by atoms with Crippen LogP contribution < -0.4 is 0 Å². The fourth-order valence-corrected chi connectivity index (χ4v) is 2.61. The SMILES string of the molecule is O=C(Cn1cccc1)N1CCC2(CC1)OCCO2. The number of carbonyl (C=O) groups is 1. The Morgan fingerprint density at radius 1 is 1.11 bits per heavy atom. The molecule has 1 aromatic heterocycles. The molecule has 5 heteroatoms. The zero-order valence-electron chi connectivity index (χ0n) is 10.4. The molecule has 2 fully saturated rings. The topological polar surface area (TPSA) is 43.7 Å². The largest absolute Gasteiger partial charge is 0.347 e. The van der Waals surface area contributed by atoms with Crippen LogP contribution in [0.2, 0.25) is 0 Å². The molecule has 0 aliphatic carbocycles. The standard InChI is InChI=1S/C13H18N2O3/c16-12(11-14-5-1-2-6-14)15-7-3-13(4-8-15)17-9-10-18-13/h1-2,5-6H,3-4,7-11H2. The second-order valence-corrected chi connectivity index (χ2v) is 4.84. The minimum atomic E-state index is -0.399. The molecule has 0 saturated carbocycles. The van der Waals surface area contributed by atoms with E-state index in [1.807, 2.05) is 34.0 Å². The van der Waals surface area contributed by atoms with Crippen molar-refractivity contribution < 1.29 is 14.3 Å². The van der Waals surface area contributed by atoms with Crippen LogP contribution in [-0.4, -0.2) is 47.5 Å². The number of hydrogen-bond donors (Lipinski definition) is 0. The molecule has 0 N–H and O–H groups in total. The van der Waals surface area contributed by atoms with Crippen molar-refractivity contribution in [2.75, 3.05) is 26.3 Å². The van der Waals surface area contributed by atoms with E-state index in [1.165, 1.54) is 0 Å². The van der Waals surface area contributed by atoms with E-state index >= 15 is 0 Å². The maximum Gasteiger partial charge on any atom is 0.242 e. The van der Waals surface area contributed by atoms with Crippen molar-refractivity contribution in [1.82, 2.24) is 9.47 Å². The molecule has 1 spiro atoms. The summed E-state index contributed by atoms with van der Waals surface area (Å²) < 4.78 is 13.2. The first-order chi connectivity index (χ1) is 8.77. The molecule has 0 atom stereocenters. The van der Waals surface area contributed by atoms with Gasteiger partial charge in [-0.3, -0.25) is 4.79 Å². The number of nitrogens with zero attached hydrogens (tertiary/aromatic N) is 2. The maximum atomic E-state index is 12.1. The molecule has 0 unspecified atom stereocenters. The molecule has 0 radical (unpaired) electrons. The zero-order valence-corrected chi connectivity index (χ0v) is 10.4. The van der Waals surface area contributed by atoms with E-state index in [-0.39, 0.29) is 5.91 Å². The lowest BCUT2D eigenvalue weighted by molar-refractivity contribution is -0.187. The number of aromatic nitrogens is 1. The molecule has 2 aliphatic rings. The molecule has 3 heterocycles. The van der Waals surface area contributed by atoms with Crippen LogP contribution in [0.15, 0.2) is 24.5 Å². The van der Waals surface area contributed by atoms with E-state index < -0.39 is 5.79 Å². The van der Waals surface area contributed by atoms with Gasteiger partial charge in [0.25, 0.3) is 0 Å². The van der Waals surface area contributed by atoms with Gasteiger partial charge in [0.2, 0.25) is 5.91 Å². The third kappa shape index (κ3) is 2.28. The number of likely N-dealkylation sites (tertiary alicyclic amines) is 1. The summed E-state index contributed by atoms with van der Waals surface area (Å²) in [6.07, 6.45) is 5.38. The number of piperidine rings is 1. The van der Waals surface area contributed by atoms with E-state index in [1.54, 1.807) is 0 Å². The summed E-state index contributed by atoms with van der Waals surface area (Å²) in [6.45, 7) is 3.22. The second-order valence-electron chi connectivity index (χ2n) is 4.84. The van der Waals surface area contributed by atoms with Crippen LogP contribution >= 0.6 is 0 Å². The quantitative estimate of drug-likeness (QED) is 0.781. The van der Waals surface area contributed by atoms with Crippen LogP contribution in [0.5, 0.6) is 0 Å². The van der Waals surface area contributed by atoms with Crippen LogP contribution in [0.3, 0.4) is 0 Å². The van der Waals surface area contributed by atoms with Crippen LogP contribution in [0.25, 0.3) is 0 Å². The highest BCUT2D eigenvalue weighted by atomic mass is 16.7. The Morgan fingerprint density at radius 3 is 2.33 bits per heavy atom. The maximum absolute atomic E-state index is 12.1. The van der Waals surface area contributed by atoms with E-state index in [2.05, 4.69) is 0 Å². The predicted octanol–water partition coefficient (Wildman–Crippen LogP) is 0.854. The molecule has 2 saturated heterocycles. The van der Waals surface area contributed by atoms with E-state index in [9.17, 15) is 4.79 Å². The van der Waals surface area contributed by atoms with Crippen LogP contribution in [-0.2, 0) is 20.8 Å². The summed E-state index contributed by atoms with van der Waals surface area (Å²) in [6, 6.07) is 3.86. The van der Waals surface area contributed by atoms with E-state index in [0.29, 0.717) is 19.8 Å². The first kappa shape index (κ1) is 11.7. The van der Waals surface area contributed by atoms with Gasteiger partial charge in [0.1, 0.15) is 6.54 Å². The summed E-state index contributed by atoms with van der Waals surface area (Å²) >= 11 is 0. The van der Waals surface area contributed by atoms with Crippen molar-refractivity contribution in [3.8, 4) is 0 Å². The van der Waals surface area contributed by atoms with Gasteiger partial charge in [0, 0.05) is 38.3 Å². The van der Waals surface area contributed by atoms with Crippen molar-refractivity contribution in [1.29, 1.82) is 0 Å². The normalized spacial score (nSPS) is 22.6. The first-order valence-electron chi connectivity index (χ1n) is 6.44. The fourth-order valence-electron chi connectivity index (χ4n) is 2.61. The smallest absolute Gasteiger partial charge is 0.242 e. The Hall–Kier alpha value is -1.33. The molecule has 18 heavy (non-hydrogen) atoms. The average Bonchev–Trinajstić information content (AvgIpc) is 3.03. The number of carbonyl (C=O) groups excluding carboxylic acids is 1. The molecule has 3 rings (SSSR count). The lowest BCUT2D eigenvalue weighted by atomic mass is 10.0. The third-order valence-corrected chi connectivity index (χ3v) is 3.68. The minimum Gasteiger partial charge on any atom is -0.347 e. The zero-order chi connectivity index (χ0) is 12.4. The van der Waals surface area contributed by atoms with Gasteiger partial charge in [0.15, 0.2) is 5.79 Å². The van der Waals surface area contributed by atoms with Crippen molar-refractivity contribution in [3.05, 3.63) is 24.5 Å². The minimum absolute atomic E-state index is 0.166. The van der Waals surface area contributed by atoms with Gasteiger partial charge in [0.05, 0.1) is 13.2 Å². The number of ether oxygens (including phenoxy) is 2. The van der Waals surface area contributed by atoms with Crippen LogP contribution in [0.1, 0.15) is 12.8 Å². The lowest BCUT2D eigenvalue weighted by Gasteiger charge is -2.37. The van der Waals surface area contributed by atoms with Gasteiger partial charge in [-0.2, -0.15) is 0 Å². The monoisotopic (exact) mass is 250 g/mol. The first-order valence-corrected chi connectivity index (χ1v) is 6.44. The van der Waals surface area contributed by atoms with Gasteiger partial charge < -0.3 is 18.9 Å². The van der Waals surface area contributed by atoms with Gasteiger partial charge in [-0.15, -0.1) is 0 Å². The average molecular weight is 250 g/mol. The Labute approximate surface area is 106 Å². The summed E-state index contributed by atoms with van der Waals surface area (Å²) in [7, 11) is 0. The molecule has 0 aromatic carbocycles. The van der Waals surface area contributed by atoms with Crippen molar-refractivity contribution >= 4 is 5.91 Å². The van der Waals surface area contributed by atoms with Gasteiger partial charge in [-0.1, -0.05) is 0 Å². The number of rotatable bonds is 2. The van der Waals surface area contributed by atoms with Crippen molar-refractivity contribution in [3.63, 3.8) is 0 Å². The summed E-state index contributed by atoms with van der Waals surface area (Å²) in [4.78, 5) is 14.0. The Balaban J connectivity index is 1.54. The molecule has 98 valence electrons. The van der Waals surface area contributed by atoms with Crippen molar-refractivity contribution in [2.45, 2.75) is 25.2 Å². The molecule has 2 aliphatic heterocycles. The highest BCUT2D eigenvalue weighted by Crippen LogP contribution is 2.31. The Bertz CT molecular complexity index is 400. The molecule has 5 nitrogen and oxygen atoms in total. The Morgan fingerprint density at radius 2 is 1.72 bits per heavy atom. The highest BCUT2D eigenvalue weighted by molar-refractivity contribution is 5.76. The number of amides is 1. The Kier molecular flexibility index (Phi) is 3.09. The fraction of sp³-hybridized carbons (Fsp3) is 0.615. The van der Waals surface area contributed by atoms with E-state index in [4.69, 9.17) is 9.47 Å². The summed E-state index contributed by atoms with van der Waals surface area (Å²) in [5, 5.41) is 0. The molecule has 1 amide bonds. The summed E-state index contributed by atoms with van der Waals surface area (Å²) in [5.41, 5.74) is 0. The molecule has 0 bridgehead atoms. The van der Waals surface area contributed by atoms with Gasteiger partial charge >= 0.3 is 0 Å². The number of hydrogen-bond acceptors (Lipinski definition) is 3. The van der Waals surface area contributed by atoms with Crippen molar-refractivity contribution in [2.24, 2.45) is 0 Å². The second kappa shape index (κ2) is 4.74. The molecule has 1 aromatic rings.